The van der Waals surface area contributed by atoms with Crippen molar-refractivity contribution in [3.05, 3.63) is 65.7 Å². The standard InChI is InChI=1S/C28H34N2O8S/c1-7-37-22-10-8-21(9-11-22)29-39(32,33)23-12-13-24(19(2)14-23)38-18-27(31)30(3)17-20-15-25(34-4)28(36-6)26(16-20)35-5/h8-16,29H,7,17-18H2,1-6H3. The Morgan fingerprint density at radius 1 is 0.872 bits per heavy atom. The Morgan fingerprint density at radius 3 is 2.05 bits per heavy atom. The Morgan fingerprint density at radius 2 is 1.51 bits per heavy atom. The van der Waals surface area contributed by atoms with Crippen molar-refractivity contribution in [1.82, 2.24) is 4.90 Å². The predicted molar refractivity (Wildman–Crippen MR) is 148 cm³/mol. The van der Waals surface area contributed by atoms with Gasteiger partial charge in [0.15, 0.2) is 18.1 Å². The zero-order chi connectivity index (χ0) is 28.6. The second-order valence-corrected chi connectivity index (χ2v) is 10.2. The lowest BCUT2D eigenvalue weighted by molar-refractivity contribution is -0.132. The molecule has 0 bridgehead atoms. The Balaban J connectivity index is 1.63. The first-order valence-electron chi connectivity index (χ1n) is 12.1. The number of ether oxygens (including phenoxy) is 5. The minimum atomic E-state index is -3.82. The topological polar surface area (TPSA) is 113 Å². The van der Waals surface area contributed by atoms with E-state index >= 15 is 0 Å². The maximum absolute atomic E-state index is 12.9. The Hall–Kier alpha value is -4.12. The normalized spacial score (nSPS) is 10.9. The van der Waals surface area contributed by atoms with Gasteiger partial charge in [-0.25, -0.2) is 8.42 Å². The molecule has 3 aromatic carbocycles. The van der Waals surface area contributed by atoms with Crippen LogP contribution in [0.25, 0.3) is 0 Å². The van der Waals surface area contributed by atoms with Crippen LogP contribution >= 0.6 is 0 Å². The number of hydrogen-bond acceptors (Lipinski definition) is 8. The highest BCUT2D eigenvalue weighted by molar-refractivity contribution is 7.92. The smallest absolute Gasteiger partial charge is 0.261 e. The number of carbonyl (C=O) groups is 1. The number of anilines is 1. The van der Waals surface area contributed by atoms with E-state index in [1.165, 1.54) is 44.4 Å². The van der Waals surface area contributed by atoms with E-state index in [2.05, 4.69) is 4.72 Å². The highest BCUT2D eigenvalue weighted by Gasteiger charge is 2.18. The van der Waals surface area contributed by atoms with Crippen molar-refractivity contribution >= 4 is 21.6 Å². The molecule has 0 aliphatic rings. The second-order valence-electron chi connectivity index (χ2n) is 8.56. The number of amides is 1. The summed E-state index contributed by atoms with van der Waals surface area (Å²) in [5, 5.41) is 0. The van der Waals surface area contributed by atoms with Gasteiger partial charge < -0.3 is 28.6 Å². The summed E-state index contributed by atoms with van der Waals surface area (Å²) >= 11 is 0. The summed E-state index contributed by atoms with van der Waals surface area (Å²) in [4.78, 5) is 14.3. The van der Waals surface area contributed by atoms with Crippen molar-refractivity contribution in [2.24, 2.45) is 0 Å². The maximum Gasteiger partial charge on any atom is 0.261 e. The number of sulfonamides is 1. The van der Waals surface area contributed by atoms with Crippen LogP contribution in [0.15, 0.2) is 59.5 Å². The highest BCUT2D eigenvalue weighted by Crippen LogP contribution is 2.38. The van der Waals surface area contributed by atoms with E-state index in [1.54, 1.807) is 50.4 Å². The first-order valence-corrected chi connectivity index (χ1v) is 13.6. The number of hydrogen-bond donors (Lipinski definition) is 1. The molecule has 0 spiro atoms. The minimum Gasteiger partial charge on any atom is -0.494 e. The lowest BCUT2D eigenvalue weighted by Gasteiger charge is -2.20. The fourth-order valence-corrected chi connectivity index (χ4v) is 4.93. The van der Waals surface area contributed by atoms with Crippen molar-refractivity contribution in [2.75, 3.05) is 46.3 Å². The highest BCUT2D eigenvalue weighted by atomic mass is 32.2. The molecule has 11 heteroatoms. The Bertz CT molecular complexity index is 1370. The maximum atomic E-state index is 12.9. The lowest BCUT2D eigenvalue weighted by atomic mass is 10.1. The third-order valence-electron chi connectivity index (χ3n) is 5.80. The number of methoxy groups -OCH3 is 3. The second kappa shape index (κ2) is 13.1. The van der Waals surface area contributed by atoms with Gasteiger partial charge in [0, 0.05) is 19.3 Å². The van der Waals surface area contributed by atoms with Gasteiger partial charge in [-0.05, 0) is 79.6 Å². The van der Waals surface area contributed by atoms with Crippen LogP contribution in [0, 0.1) is 6.92 Å². The van der Waals surface area contributed by atoms with Crippen LogP contribution in [0.2, 0.25) is 0 Å². The quantitative estimate of drug-likeness (QED) is 0.331. The fourth-order valence-electron chi connectivity index (χ4n) is 3.79. The number of nitrogens with zero attached hydrogens (tertiary/aromatic N) is 1. The molecule has 0 unspecified atom stereocenters. The molecule has 0 radical (unpaired) electrons. The van der Waals surface area contributed by atoms with Crippen LogP contribution in [-0.4, -0.2) is 60.8 Å². The molecular formula is C28H34N2O8S. The molecule has 0 atom stereocenters. The first-order chi connectivity index (χ1) is 18.6. The van der Waals surface area contributed by atoms with Crippen LogP contribution in [-0.2, 0) is 21.4 Å². The van der Waals surface area contributed by atoms with Crippen molar-refractivity contribution < 1.29 is 36.9 Å². The van der Waals surface area contributed by atoms with Gasteiger partial charge in [0.05, 0.1) is 32.8 Å². The van der Waals surface area contributed by atoms with Gasteiger partial charge in [0.2, 0.25) is 5.75 Å². The molecule has 0 heterocycles. The van der Waals surface area contributed by atoms with Crippen molar-refractivity contribution in [3.8, 4) is 28.7 Å². The van der Waals surface area contributed by atoms with Crippen molar-refractivity contribution in [2.45, 2.75) is 25.3 Å². The molecule has 0 aliphatic carbocycles. The fraction of sp³-hybridized carbons (Fsp3) is 0.321. The number of aryl methyl sites for hydroxylation is 1. The number of rotatable bonds is 13. The van der Waals surface area contributed by atoms with E-state index in [1.807, 2.05) is 6.92 Å². The summed E-state index contributed by atoms with van der Waals surface area (Å²) in [6, 6.07) is 14.7. The average Bonchev–Trinajstić information content (AvgIpc) is 2.92. The molecule has 3 rings (SSSR count). The minimum absolute atomic E-state index is 0.0760. The summed E-state index contributed by atoms with van der Waals surface area (Å²) in [6.45, 7) is 4.17. The monoisotopic (exact) mass is 558 g/mol. The van der Waals surface area contributed by atoms with E-state index in [-0.39, 0.29) is 24.0 Å². The third-order valence-corrected chi connectivity index (χ3v) is 7.17. The molecule has 0 saturated heterocycles. The molecule has 0 aliphatic heterocycles. The number of likely N-dealkylation sites (N-methyl/N-ethyl adjacent to an activating group) is 1. The van der Waals surface area contributed by atoms with Crippen LogP contribution < -0.4 is 28.4 Å². The van der Waals surface area contributed by atoms with E-state index in [0.717, 1.165) is 5.56 Å². The lowest BCUT2D eigenvalue weighted by Crippen LogP contribution is -2.31. The van der Waals surface area contributed by atoms with Crippen LogP contribution in [0.4, 0.5) is 5.69 Å². The number of carbonyl (C=O) groups excluding carboxylic acids is 1. The van der Waals surface area contributed by atoms with Crippen LogP contribution in [0.1, 0.15) is 18.1 Å². The summed E-state index contributed by atoms with van der Waals surface area (Å²) < 4.78 is 55.5. The molecule has 0 fully saturated rings. The Kier molecular flexibility index (Phi) is 9.89. The predicted octanol–water partition coefficient (Wildman–Crippen LogP) is 4.26. The first kappa shape index (κ1) is 29.4. The molecule has 39 heavy (non-hydrogen) atoms. The van der Waals surface area contributed by atoms with Crippen molar-refractivity contribution in [3.63, 3.8) is 0 Å². The summed E-state index contributed by atoms with van der Waals surface area (Å²) in [5.74, 6) is 2.25. The summed E-state index contributed by atoms with van der Waals surface area (Å²) in [6.07, 6.45) is 0. The molecule has 3 aromatic rings. The van der Waals surface area contributed by atoms with Gasteiger partial charge in [0.25, 0.3) is 15.9 Å². The van der Waals surface area contributed by atoms with E-state index in [9.17, 15) is 13.2 Å². The van der Waals surface area contributed by atoms with Gasteiger partial charge in [-0.15, -0.1) is 0 Å². The molecular weight excluding hydrogens is 524 g/mol. The summed E-state index contributed by atoms with van der Waals surface area (Å²) in [7, 11) is 2.41. The van der Waals surface area contributed by atoms with E-state index in [4.69, 9.17) is 23.7 Å². The van der Waals surface area contributed by atoms with Crippen LogP contribution in [0.5, 0.6) is 28.7 Å². The molecule has 1 N–H and O–H groups in total. The van der Waals surface area contributed by atoms with Crippen molar-refractivity contribution in [1.29, 1.82) is 0 Å². The van der Waals surface area contributed by atoms with Gasteiger partial charge in [0.1, 0.15) is 11.5 Å². The SMILES string of the molecule is CCOc1ccc(NS(=O)(=O)c2ccc(OCC(=O)N(C)Cc3cc(OC)c(OC)c(OC)c3)c(C)c2)cc1. The number of benzene rings is 3. The van der Waals surface area contributed by atoms with Crippen LogP contribution in [0.3, 0.4) is 0 Å². The molecule has 210 valence electrons. The largest absolute Gasteiger partial charge is 0.494 e. The van der Waals surface area contributed by atoms with Gasteiger partial charge >= 0.3 is 0 Å². The van der Waals surface area contributed by atoms with Gasteiger partial charge in [-0.3, -0.25) is 9.52 Å². The van der Waals surface area contributed by atoms with Gasteiger partial charge in [-0.1, -0.05) is 0 Å². The van der Waals surface area contributed by atoms with E-state index in [0.29, 0.717) is 46.6 Å². The molecule has 0 aromatic heterocycles. The molecule has 0 saturated carbocycles. The number of nitrogens with one attached hydrogen (secondary N) is 1. The zero-order valence-corrected chi connectivity index (χ0v) is 23.8. The third kappa shape index (κ3) is 7.47. The molecule has 1 amide bonds. The molecule has 10 nitrogen and oxygen atoms in total. The average molecular weight is 559 g/mol. The Labute approximate surface area is 229 Å². The zero-order valence-electron chi connectivity index (χ0n) is 22.9. The van der Waals surface area contributed by atoms with Gasteiger partial charge in [-0.2, -0.15) is 0 Å². The van der Waals surface area contributed by atoms with E-state index < -0.39 is 10.0 Å². The summed E-state index contributed by atoms with van der Waals surface area (Å²) in [5.41, 5.74) is 1.77.